The molecule has 0 radical (unpaired) electrons. The highest BCUT2D eigenvalue weighted by molar-refractivity contribution is 5.70. The third kappa shape index (κ3) is 4.30. The van der Waals surface area contributed by atoms with E-state index >= 15 is 0 Å². The smallest absolute Gasteiger partial charge is 0.416 e. The number of hydrogen-bond acceptors (Lipinski definition) is 3. The van der Waals surface area contributed by atoms with Crippen LogP contribution in [0.1, 0.15) is 35.6 Å². The van der Waals surface area contributed by atoms with E-state index in [2.05, 4.69) is 4.90 Å². The van der Waals surface area contributed by atoms with Crippen molar-refractivity contribution in [2.24, 2.45) is 5.92 Å². The highest BCUT2D eigenvalue weighted by atomic mass is 19.4. The molecule has 0 spiro atoms. The SMILES string of the molecule is COc1ccccc1C(c1ccc(C(F)(F)F)cc1)N1CCC(C(=O)O)CC1. The van der Waals surface area contributed by atoms with Crippen molar-refractivity contribution in [2.45, 2.75) is 25.1 Å². The zero-order chi connectivity index (χ0) is 20.3. The lowest BCUT2D eigenvalue weighted by atomic mass is 9.90. The molecule has 0 aromatic heterocycles. The number of carbonyl (C=O) groups is 1. The summed E-state index contributed by atoms with van der Waals surface area (Å²) in [6.45, 7) is 1.08. The normalized spacial score (nSPS) is 17.3. The maximum atomic E-state index is 12.9. The average Bonchev–Trinajstić information content (AvgIpc) is 2.69. The zero-order valence-electron chi connectivity index (χ0n) is 15.4. The second-order valence-electron chi connectivity index (χ2n) is 6.91. The van der Waals surface area contributed by atoms with Crippen LogP contribution in [0, 0.1) is 5.92 Å². The standard InChI is InChI=1S/C21H22F3NO3/c1-28-18-5-3-2-4-17(18)19(25-12-10-15(11-13-25)20(26)27)14-6-8-16(9-7-14)21(22,23)24/h2-9,15,19H,10-13H2,1H3,(H,26,27). The highest BCUT2D eigenvalue weighted by Crippen LogP contribution is 2.38. The molecule has 2 aromatic rings. The fourth-order valence-corrected chi connectivity index (χ4v) is 3.74. The summed E-state index contributed by atoms with van der Waals surface area (Å²) in [4.78, 5) is 13.4. The summed E-state index contributed by atoms with van der Waals surface area (Å²) in [6.07, 6.45) is -3.39. The minimum atomic E-state index is -4.39. The van der Waals surface area contributed by atoms with E-state index in [0.717, 1.165) is 17.7 Å². The van der Waals surface area contributed by atoms with Gasteiger partial charge in [0, 0.05) is 5.56 Å². The van der Waals surface area contributed by atoms with E-state index < -0.39 is 17.7 Å². The van der Waals surface area contributed by atoms with Crippen molar-refractivity contribution in [1.82, 2.24) is 4.90 Å². The Bertz CT molecular complexity index is 812. The number of likely N-dealkylation sites (tertiary alicyclic amines) is 1. The summed E-state index contributed by atoms with van der Waals surface area (Å²) in [6, 6.07) is 12.2. The van der Waals surface area contributed by atoms with Crippen molar-refractivity contribution >= 4 is 5.97 Å². The van der Waals surface area contributed by atoms with E-state index in [9.17, 15) is 23.1 Å². The third-order valence-corrected chi connectivity index (χ3v) is 5.23. The van der Waals surface area contributed by atoms with E-state index in [4.69, 9.17) is 4.74 Å². The van der Waals surface area contributed by atoms with Crippen LogP contribution in [0.2, 0.25) is 0 Å². The molecule has 0 aliphatic carbocycles. The Morgan fingerprint density at radius 2 is 1.71 bits per heavy atom. The number of piperidine rings is 1. The van der Waals surface area contributed by atoms with E-state index in [-0.39, 0.29) is 12.0 Å². The Morgan fingerprint density at radius 1 is 1.11 bits per heavy atom. The lowest BCUT2D eigenvalue weighted by Crippen LogP contribution is -2.39. The molecule has 1 atom stereocenters. The summed E-state index contributed by atoms with van der Waals surface area (Å²) in [7, 11) is 1.55. The van der Waals surface area contributed by atoms with Gasteiger partial charge in [0.2, 0.25) is 0 Å². The average molecular weight is 393 g/mol. The number of carboxylic acid groups (broad SMARTS) is 1. The molecule has 1 aliphatic heterocycles. The molecule has 150 valence electrons. The highest BCUT2D eigenvalue weighted by Gasteiger charge is 2.33. The van der Waals surface area contributed by atoms with Crippen molar-refractivity contribution in [3.63, 3.8) is 0 Å². The van der Waals surface area contributed by atoms with Crippen molar-refractivity contribution in [3.05, 3.63) is 65.2 Å². The van der Waals surface area contributed by atoms with Crippen molar-refractivity contribution in [1.29, 1.82) is 0 Å². The van der Waals surface area contributed by atoms with Gasteiger partial charge in [-0.2, -0.15) is 13.2 Å². The number of hydrogen-bond donors (Lipinski definition) is 1. The van der Waals surface area contributed by atoms with Gasteiger partial charge in [0.25, 0.3) is 0 Å². The predicted octanol–water partition coefficient (Wildman–Crippen LogP) is 4.60. The van der Waals surface area contributed by atoms with E-state index in [1.165, 1.54) is 12.1 Å². The van der Waals surface area contributed by atoms with E-state index in [1.807, 2.05) is 24.3 Å². The van der Waals surface area contributed by atoms with Crippen LogP contribution >= 0.6 is 0 Å². The first-order valence-electron chi connectivity index (χ1n) is 9.08. The molecule has 1 N–H and O–H groups in total. The first-order chi connectivity index (χ1) is 13.3. The van der Waals surface area contributed by atoms with Gasteiger partial charge in [-0.1, -0.05) is 30.3 Å². The van der Waals surface area contributed by atoms with Crippen LogP contribution < -0.4 is 4.74 Å². The van der Waals surface area contributed by atoms with Crippen LogP contribution in [0.25, 0.3) is 0 Å². The number of nitrogens with zero attached hydrogens (tertiary/aromatic N) is 1. The molecule has 3 rings (SSSR count). The van der Waals surface area contributed by atoms with Crippen LogP contribution in [-0.2, 0) is 11.0 Å². The molecule has 2 aromatic carbocycles. The molecular weight excluding hydrogens is 371 g/mol. The van der Waals surface area contributed by atoms with Gasteiger partial charge in [0.05, 0.1) is 24.6 Å². The van der Waals surface area contributed by atoms with E-state index in [1.54, 1.807) is 7.11 Å². The van der Waals surface area contributed by atoms with Crippen LogP contribution in [0.15, 0.2) is 48.5 Å². The topological polar surface area (TPSA) is 49.8 Å². The van der Waals surface area contributed by atoms with Crippen LogP contribution in [0.4, 0.5) is 13.2 Å². The monoisotopic (exact) mass is 393 g/mol. The summed E-state index contributed by atoms with van der Waals surface area (Å²) in [5.74, 6) is -0.544. The van der Waals surface area contributed by atoms with Gasteiger partial charge in [-0.25, -0.2) is 0 Å². The number of carboxylic acids is 1. The number of alkyl halides is 3. The maximum Gasteiger partial charge on any atom is 0.416 e. The summed E-state index contributed by atoms with van der Waals surface area (Å²) >= 11 is 0. The second kappa shape index (κ2) is 8.22. The Kier molecular flexibility index (Phi) is 5.93. The Hall–Kier alpha value is -2.54. The van der Waals surface area contributed by atoms with Crippen molar-refractivity contribution in [2.75, 3.05) is 20.2 Å². The van der Waals surface area contributed by atoms with Gasteiger partial charge < -0.3 is 9.84 Å². The van der Waals surface area contributed by atoms with Crippen molar-refractivity contribution < 1.29 is 27.8 Å². The molecule has 1 fully saturated rings. The molecule has 1 heterocycles. The molecule has 0 amide bonds. The number of methoxy groups -OCH3 is 1. The number of benzene rings is 2. The minimum absolute atomic E-state index is 0.312. The third-order valence-electron chi connectivity index (χ3n) is 5.23. The largest absolute Gasteiger partial charge is 0.496 e. The van der Waals surface area contributed by atoms with Crippen LogP contribution in [-0.4, -0.2) is 36.2 Å². The summed E-state index contributed by atoms with van der Waals surface area (Å²) in [5.41, 5.74) is 0.865. The number of aliphatic carboxylic acids is 1. The zero-order valence-corrected chi connectivity index (χ0v) is 15.4. The second-order valence-corrected chi connectivity index (χ2v) is 6.91. The predicted molar refractivity (Wildman–Crippen MR) is 98.2 cm³/mol. The van der Waals surface area contributed by atoms with Crippen LogP contribution in [0.3, 0.4) is 0 Å². The summed E-state index contributed by atoms with van der Waals surface area (Å²) in [5, 5.41) is 9.24. The Balaban J connectivity index is 1.97. The molecule has 0 bridgehead atoms. The molecule has 0 saturated carbocycles. The Labute approximate surface area is 161 Å². The van der Waals surface area contributed by atoms with Gasteiger partial charge in [-0.05, 0) is 49.7 Å². The van der Waals surface area contributed by atoms with Gasteiger partial charge >= 0.3 is 12.1 Å². The van der Waals surface area contributed by atoms with Gasteiger partial charge in [0.1, 0.15) is 5.75 Å². The first kappa shape index (κ1) is 20.2. The fraction of sp³-hybridized carbons (Fsp3) is 0.381. The number of para-hydroxylation sites is 1. The summed E-state index contributed by atoms with van der Waals surface area (Å²) < 4.78 is 44.3. The molecule has 1 saturated heterocycles. The van der Waals surface area contributed by atoms with Gasteiger partial charge in [-0.3, -0.25) is 9.69 Å². The lowest BCUT2D eigenvalue weighted by molar-refractivity contribution is -0.143. The molecule has 28 heavy (non-hydrogen) atoms. The van der Waals surface area contributed by atoms with Gasteiger partial charge in [0.15, 0.2) is 0 Å². The molecule has 4 nitrogen and oxygen atoms in total. The number of rotatable bonds is 5. The van der Waals surface area contributed by atoms with Gasteiger partial charge in [-0.15, -0.1) is 0 Å². The quantitative estimate of drug-likeness (QED) is 0.807. The Morgan fingerprint density at radius 3 is 2.25 bits per heavy atom. The molecular formula is C21H22F3NO3. The lowest BCUT2D eigenvalue weighted by Gasteiger charge is -2.37. The minimum Gasteiger partial charge on any atom is -0.496 e. The van der Waals surface area contributed by atoms with E-state index in [0.29, 0.717) is 37.2 Å². The van der Waals surface area contributed by atoms with Crippen LogP contribution in [0.5, 0.6) is 5.75 Å². The number of halogens is 3. The first-order valence-corrected chi connectivity index (χ1v) is 9.08. The fourth-order valence-electron chi connectivity index (χ4n) is 3.74. The molecule has 1 unspecified atom stereocenters. The number of ether oxygens (including phenoxy) is 1. The molecule has 1 aliphatic rings. The van der Waals surface area contributed by atoms with Crippen molar-refractivity contribution in [3.8, 4) is 5.75 Å². The maximum absolute atomic E-state index is 12.9. The molecule has 7 heteroatoms.